The van der Waals surface area contributed by atoms with E-state index in [0.717, 1.165) is 50.3 Å². The SMILES string of the molecule is Cc1nc(N2CCN(Cc3noc(C)n3)CC2)n[nH]1. The highest BCUT2D eigenvalue weighted by Crippen LogP contribution is 2.12. The van der Waals surface area contributed by atoms with Crippen LogP contribution in [0.1, 0.15) is 17.5 Å². The molecule has 0 aromatic carbocycles. The number of rotatable bonds is 3. The maximum atomic E-state index is 4.98. The quantitative estimate of drug-likeness (QED) is 0.842. The molecule has 8 heteroatoms. The highest BCUT2D eigenvalue weighted by Gasteiger charge is 2.20. The van der Waals surface area contributed by atoms with Crippen molar-refractivity contribution in [2.24, 2.45) is 0 Å². The zero-order chi connectivity index (χ0) is 13.2. The van der Waals surface area contributed by atoms with E-state index in [1.165, 1.54) is 0 Å². The van der Waals surface area contributed by atoms with Gasteiger partial charge in [-0.15, -0.1) is 5.10 Å². The Morgan fingerprint density at radius 2 is 1.95 bits per heavy atom. The lowest BCUT2D eigenvalue weighted by Crippen LogP contribution is -2.46. The Kier molecular flexibility index (Phi) is 3.16. The molecule has 0 aliphatic carbocycles. The molecule has 8 nitrogen and oxygen atoms in total. The molecule has 0 saturated carbocycles. The molecule has 1 aliphatic heterocycles. The normalized spacial score (nSPS) is 17.1. The molecule has 2 aromatic rings. The summed E-state index contributed by atoms with van der Waals surface area (Å²) in [5, 5.41) is 11.0. The van der Waals surface area contributed by atoms with Gasteiger partial charge in [-0.1, -0.05) is 5.16 Å². The predicted molar refractivity (Wildman–Crippen MR) is 67.6 cm³/mol. The Bertz CT molecular complexity index is 541. The summed E-state index contributed by atoms with van der Waals surface area (Å²) in [5.41, 5.74) is 0. The monoisotopic (exact) mass is 263 g/mol. The Balaban J connectivity index is 1.54. The molecule has 2 aromatic heterocycles. The first kappa shape index (κ1) is 12.1. The molecule has 1 saturated heterocycles. The number of aryl methyl sites for hydroxylation is 2. The fraction of sp³-hybridized carbons (Fsp3) is 0.636. The summed E-state index contributed by atoms with van der Waals surface area (Å²) in [5.74, 6) is 3.00. The van der Waals surface area contributed by atoms with Crippen LogP contribution in [0.25, 0.3) is 0 Å². The number of hydrogen-bond acceptors (Lipinski definition) is 7. The van der Waals surface area contributed by atoms with Gasteiger partial charge in [-0.2, -0.15) is 9.97 Å². The zero-order valence-corrected chi connectivity index (χ0v) is 11.1. The number of hydrogen-bond donors (Lipinski definition) is 1. The molecule has 3 rings (SSSR count). The summed E-state index contributed by atoms with van der Waals surface area (Å²) < 4.78 is 4.98. The molecule has 0 unspecified atom stereocenters. The van der Waals surface area contributed by atoms with E-state index in [4.69, 9.17) is 4.52 Å². The topological polar surface area (TPSA) is 87.0 Å². The average molecular weight is 263 g/mol. The van der Waals surface area contributed by atoms with Gasteiger partial charge in [0.05, 0.1) is 6.54 Å². The van der Waals surface area contributed by atoms with Crippen LogP contribution in [0.2, 0.25) is 0 Å². The number of piperazine rings is 1. The number of anilines is 1. The van der Waals surface area contributed by atoms with Crippen LogP contribution in [0.4, 0.5) is 5.95 Å². The fourth-order valence-corrected chi connectivity index (χ4v) is 2.18. The van der Waals surface area contributed by atoms with E-state index in [1.54, 1.807) is 6.92 Å². The number of H-pyrrole nitrogens is 1. The van der Waals surface area contributed by atoms with Crippen molar-refractivity contribution < 1.29 is 4.52 Å². The van der Waals surface area contributed by atoms with Gasteiger partial charge in [0, 0.05) is 33.1 Å². The van der Waals surface area contributed by atoms with E-state index >= 15 is 0 Å². The van der Waals surface area contributed by atoms with Crippen LogP contribution in [0.15, 0.2) is 4.52 Å². The largest absolute Gasteiger partial charge is 0.340 e. The van der Waals surface area contributed by atoms with Gasteiger partial charge in [0.25, 0.3) is 0 Å². The second kappa shape index (κ2) is 4.96. The van der Waals surface area contributed by atoms with Crippen LogP contribution in [-0.4, -0.2) is 56.4 Å². The van der Waals surface area contributed by atoms with Gasteiger partial charge in [0.1, 0.15) is 5.82 Å². The van der Waals surface area contributed by atoms with E-state index in [9.17, 15) is 0 Å². The lowest BCUT2D eigenvalue weighted by atomic mass is 10.3. The fourth-order valence-electron chi connectivity index (χ4n) is 2.18. The van der Waals surface area contributed by atoms with E-state index in [1.807, 2.05) is 6.92 Å². The average Bonchev–Trinajstić information content (AvgIpc) is 3.00. The van der Waals surface area contributed by atoms with Crippen molar-refractivity contribution in [1.82, 2.24) is 30.2 Å². The van der Waals surface area contributed by atoms with Crippen LogP contribution in [0.5, 0.6) is 0 Å². The van der Waals surface area contributed by atoms with Crippen molar-refractivity contribution >= 4 is 5.95 Å². The van der Waals surface area contributed by atoms with E-state index in [-0.39, 0.29) is 0 Å². The molecule has 19 heavy (non-hydrogen) atoms. The smallest absolute Gasteiger partial charge is 0.244 e. The van der Waals surface area contributed by atoms with Crippen LogP contribution < -0.4 is 4.90 Å². The van der Waals surface area contributed by atoms with Crippen LogP contribution in [-0.2, 0) is 6.54 Å². The Morgan fingerprint density at radius 3 is 2.53 bits per heavy atom. The summed E-state index contributed by atoms with van der Waals surface area (Å²) in [6.45, 7) is 8.16. The second-order valence-corrected chi connectivity index (χ2v) is 4.71. The van der Waals surface area contributed by atoms with Gasteiger partial charge >= 0.3 is 0 Å². The van der Waals surface area contributed by atoms with Gasteiger partial charge in [-0.25, -0.2) is 0 Å². The summed E-state index contributed by atoms with van der Waals surface area (Å²) in [6, 6.07) is 0. The molecular formula is C11H17N7O. The number of nitrogens with zero attached hydrogens (tertiary/aromatic N) is 6. The minimum atomic E-state index is 0.616. The number of aromatic amines is 1. The Labute approximate surface area is 110 Å². The van der Waals surface area contributed by atoms with E-state index in [0.29, 0.717) is 5.89 Å². The highest BCUT2D eigenvalue weighted by molar-refractivity contribution is 5.29. The molecule has 3 heterocycles. The van der Waals surface area contributed by atoms with Crippen molar-refractivity contribution in [3.05, 3.63) is 17.5 Å². The van der Waals surface area contributed by atoms with Crippen molar-refractivity contribution in [3.63, 3.8) is 0 Å². The summed E-state index contributed by atoms with van der Waals surface area (Å²) in [4.78, 5) is 13.1. The molecular weight excluding hydrogens is 246 g/mol. The second-order valence-electron chi connectivity index (χ2n) is 4.71. The van der Waals surface area contributed by atoms with Gasteiger partial charge in [0.15, 0.2) is 5.82 Å². The molecule has 0 bridgehead atoms. The molecule has 0 atom stereocenters. The maximum Gasteiger partial charge on any atom is 0.244 e. The Hall–Kier alpha value is -1.96. The standard InChI is InChI=1S/C11H17N7O/c1-8-12-11(15-14-8)18-5-3-17(4-6-18)7-10-13-9(2)19-16-10/h3-7H2,1-2H3,(H,12,14,15). The van der Waals surface area contributed by atoms with Gasteiger partial charge < -0.3 is 9.42 Å². The van der Waals surface area contributed by atoms with Crippen molar-refractivity contribution in [2.45, 2.75) is 20.4 Å². The molecule has 0 amide bonds. The van der Waals surface area contributed by atoms with Gasteiger partial charge in [-0.05, 0) is 6.92 Å². The molecule has 102 valence electrons. The molecule has 0 spiro atoms. The highest BCUT2D eigenvalue weighted by atomic mass is 16.5. The van der Waals surface area contributed by atoms with E-state index in [2.05, 4.69) is 35.1 Å². The summed E-state index contributed by atoms with van der Waals surface area (Å²) >= 11 is 0. The lowest BCUT2D eigenvalue weighted by Gasteiger charge is -2.33. The first-order chi connectivity index (χ1) is 9.20. The number of nitrogens with one attached hydrogen (secondary N) is 1. The summed E-state index contributed by atoms with van der Waals surface area (Å²) in [6.07, 6.45) is 0. The van der Waals surface area contributed by atoms with Gasteiger partial charge in [0.2, 0.25) is 11.8 Å². The third-order valence-corrected chi connectivity index (χ3v) is 3.18. The minimum Gasteiger partial charge on any atom is -0.340 e. The van der Waals surface area contributed by atoms with Gasteiger partial charge in [-0.3, -0.25) is 10.00 Å². The molecule has 1 N–H and O–H groups in total. The predicted octanol–water partition coefficient (Wildman–Crippen LogP) is 0.127. The third-order valence-electron chi connectivity index (χ3n) is 3.18. The van der Waals surface area contributed by atoms with Crippen molar-refractivity contribution in [3.8, 4) is 0 Å². The van der Waals surface area contributed by atoms with Crippen molar-refractivity contribution in [1.29, 1.82) is 0 Å². The molecule has 1 aliphatic rings. The van der Waals surface area contributed by atoms with Crippen LogP contribution in [0, 0.1) is 13.8 Å². The molecule has 1 fully saturated rings. The number of aromatic nitrogens is 5. The minimum absolute atomic E-state index is 0.616. The Morgan fingerprint density at radius 1 is 1.16 bits per heavy atom. The lowest BCUT2D eigenvalue weighted by molar-refractivity contribution is 0.239. The zero-order valence-electron chi connectivity index (χ0n) is 11.1. The third kappa shape index (κ3) is 2.73. The first-order valence-corrected chi connectivity index (χ1v) is 6.36. The van der Waals surface area contributed by atoms with E-state index < -0.39 is 0 Å². The molecule has 0 radical (unpaired) electrons. The summed E-state index contributed by atoms with van der Waals surface area (Å²) in [7, 11) is 0. The van der Waals surface area contributed by atoms with Crippen LogP contribution in [0.3, 0.4) is 0 Å². The van der Waals surface area contributed by atoms with Crippen molar-refractivity contribution in [2.75, 3.05) is 31.1 Å². The maximum absolute atomic E-state index is 4.98. The first-order valence-electron chi connectivity index (χ1n) is 6.36. The van der Waals surface area contributed by atoms with Crippen LogP contribution >= 0.6 is 0 Å².